The second-order valence-electron chi connectivity index (χ2n) is 4.72. The molecule has 3 nitrogen and oxygen atoms in total. The highest BCUT2D eigenvalue weighted by Gasteiger charge is 2.25. The van der Waals surface area contributed by atoms with Crippen molar-refractivity contribution >= 4 is 39.6 Å². The van der Waals surface area contributed by atoms with Crippen LogP contribution >= 0.6 is 27.7 Å². The third-order valence-electron chi connectivity index (χ3n) is 3.22. The Labute approximate surface area is 141 Å². The monoisotopic (exact) mass is 376 g/mol. The van der Waals surface area contributed by atoms with Crippen LogP contribution < -0.4 is 4.74 Å². The number of hydrogen-bond donors (Lipinski definition) is 1. The summed E-state index contributed by atoms with van der Waals surface area (Å²) in [5.41, 5.74) is 1.54. The van der Waals surface area contributed by atoms with Crippen LogP contribution in [0.3, 0.4) is 0 Å². The molecule has 0 aromatic heterocycles. The lowest BCUT2D eigenvalue weighted by atomic mass is 10.1. The number of allylic oxidation sites excluding steroid dienone is 1. The van der Waals surface area contributed by atoms with E-state index in [9.17, 15) is 9.90 Å². The zero-order valence-electron chi connectivity index (χ0n) is 11.8. The number of phenolic OH excluding ortho intramolecular Hbond substituents is 1. The second kappa shape index (κ2) is 6.18. The molecule has 2 aromatic rings. The normalized spacial score (nSPS) is 15.2. The molecule has 0 spiro atoms. The molecule has 1 aliphatic rings. The molecule has 1 aliphatic heterocycles. The van der Waals surface area contributed by atoms with Crippen molar-refractivity contribution < 1.29 is 14.6 Å². The summed E-state index contributed by atoms with van der Waals surface area (Å²) in [5.74, 6) is 0.497. The smallest absolute Gasteiger partial charge is 0.200 e. The van der Waals surface area contributed by atoms with E-state index in [0.717, 1.165) is 16.0 Å². The summed E-state index contributed by atoms with van der Waals surface area (Å²) >= 11 is 4.77. The molecule has 22 heavy (non-hydrogen) atoms. The van der Waals surface area contributed by atoms with Crippen molar-refractivity contribution in [2.45, 2.75) is 11.8 Å². The van der Waals surface area contributed by atoms with Gasteiger partial charge in [-0.15, -0.1) is 0 Å². The first-order valence-corrected chi connectivity index (χ1v) is 8.39. The summed E-state index contributed by atoms with van der Waals surface area (Å²) < 4.78 is 5.95. The van der Waals surface area contributed by atoms with Gasteiger partial charge < -0.3 is 9.84 Å². The average Bonchev–Trinajstić information content (AvgIpc) is 2.81. The van der Waals surface area contributed by atoms with Crippen LogP contribution in [-0.2, 0) is 0 Å². The Hall–Kier alpha value is -1.72. The lowest BCUT2D eigenvalue weighted by Crippen LogP contribution is -1.95. The van der Waals surface area contributed by atoms with Crippen molar-refractivity contribution in [1.82, 2.24) is 0 Å². The van der Waals surface area contributed by atoms with Gasteiger partial charge in [-0.25, -0.2) is 0 Å². The van der Waals surface area contributed by atoms with E-state index in [-0.39, 0.29) is 11.5 Å². The van der Waals surface area contributed by atoms with E-state index < -0.39 is 0 Å². The number of thioether (sulfide) groups is 1. The molecule has 2 aromatic carbocycles. The fourth-order valence-electron chi connectivity index (χ4n) is 2.23. The lowest BCUT2D eigenvalue weighted by Gasteiger charge is -2.08. The van der Waals surface area contributed by atoms with Gasteiger partial charge in [-0.3, -0.25) is 4.79 Å². The summed E-state index contributed by atoms with van der Waals surface area (Å²) in [7, 11) is 0. The summed E-state index contributed by atoms with van der Waals surface area (Å²) in [6, 6.07) is 11.1. The van der Waals surface area contributed by atoms with Crippen molar-refractivity contribution in [3.05, 3.63) is 56.9 Å². The quantitative estimate of drug-likeness (QED) is 0.775. The number of ketones is 1. The summed E-state index contributed by atoms with van der Waals surface area (Å²) in [6.45, 7) is 2.31. The number of Topliss-reactive ketones (excluding diaryl/α,β-unsaturated/α-hetero) is 1. The van der Waals surface area contributed by atoms with Crippen molar-refractivity contribution in [2.24, 2.45) is 0 Å². The lowest BCUT2D eigenvalue weighted by molar-refractivity contribution is 0.104. The van der Waals surface area contributed by atoms with Gasteiger partial charge in [0, 0.05) is 10.5 Å². The maximum absolute atomic E-state index is 12.4. The second-order valence-corrected chi connectivity index (χ2v) is 6.66. The van der Waals surface area contributed by atoms with Crippen LogP contribution in [0.2, 0.25) is 0 Å². The number of hydrogen-bond acceptors (Lipinski definition) is 4. The predicted octanol–water partition coefficient (Wildman–Crippen LogP) is 4.88. The van der Waals surface area contributed by atoms with Crippen LogP contribution in [0.5, 0.6) is 11.5 Å². The molecule has 0 amide bonds. The van der Waals surface area contributed by atoms with Gasteiger partial charge in [0.15, 0.2) is 11.5 Å². The van der Waals surface area contributed by atoms with E-state index in [0.29, 0.717) is 21.7 Å². The first kappa shape index (κ1) is 15.2. The number of halogens is 1. The summed E-state index contributed by atoms with van der Waals surface area (Å²) in [4.78, 5) is 14.0. The number of rotatable bonds is 3. The van der Waals surface area contributed by atoms with Crippen LogP contribution in [0.4, 0.5) is 0 Å². The Balaban J connectivity index is 1.99. The standard InChI is InChI=1S/C17H13BrO3S/c1-2-21-13-8-10(7-12(18)17(13)20)9-15-16(19)11-5-3-4-6-14(11)22-15/h3-9,20H,2H2,1H3/b15-9-. The third kappa shape index (κ3) is 2.78. The van der Waals surface area contributed by atoms with Crippen LogP contribution in [0.25, 0.3) is 6.08 Å². The largest absolute Gasteiger partial charge is 0.503 e. The fraction of sp³-hybridized carbons (Fsp3) is 0.118. The summed E-state index contributed by atoms with van der Waals surface area (Å²) in [6.07, 6.45) is 1.82. The van der Waals surface area contributed by atoms with E-state index in [1.165, 1.54) is 11.8 Å². The van der Waals surface area contributed by atoms with Crippen LogP contribution in [0.15, 0.2) is 50.7 Å². The zero-order chi connectivity index (χ0) is 15.7. The van der Waals surface area contributed by atoms with E-state index in [4.69, 9.17) is 4.74 Å². The number of benzene rings is 2. The van der Waals surface area contributed by atoms with Crippen LogP contribution in [0.1, 0.15) is 22.8 Å². The van der Waals surface area contributed by atoms with Gasteiger partial charge in [0.2, 0.25) is 5.78 Å². The van der Waals surface area contributed by atoms with Gasteiger partial charge in [-0.05, 0) is 58.8 Å². The van der Waals surface area contributed by atoms with E-state index >= 15 is 0 Å². The molecule has 1 heterocycles. The molecule has 5 heteroatoms. The van der Waals surface area contributed by atoms with Crippen molar-refractivity contribution in [1.29, 1.82) is 0 Å². The fourth-order valence-corrected chi connectivity index (χ4v) is 3.74. The Kier molecular flexibility index (Phi) is 4.27. The molecule has 0 fully saturated rings. The maximum Gasteiger partial charge on any atom is 0.200 e. The van der Waals surface area contributed by atoms with E-state index in [1.54, 1.807) is 12.1 Å². The molecule has 0 aliphatic carbocycles. The molecular weight excluding hydrogens is 364 g/mol. The molecule has 0 unspecified atom stereocenters. The van der Waals surface area contributed by atoms with Gasteiger partial charge in [-0.2, -0.15) is 0 Å². The Morgan fingerprint density at radius 3 is 2.82 bits per heavy atom. The Morgan fingerprint density at radius 2 is 2.09 bits per heavy atom. The highest BCUT2D eigenvalue weighted by atomic mass is 79.9. The molecule has 1 N–H and O–H groups in total. The van der Waals surface area contributed by atoms with Gasteiger partial charge >= 0.3 is 0 Å². The molecule has 112 valence electrons. The number of phenols is 1. The highest BCUT2D eigenvalue weighted by Crippen LogP contribution is 2.42. The van der Waals surface area contributed by atoms with Gasteiger partial charge in [0.25, 0.3) is 0 Å². The van der Waals surface area contributed by atoms with Gasteiger partial charge in [0.05, 0.1) is 16.0 Å². The SMILES string of the molecule is CCOc1cc(/C=C2\Sc3ccccc3C2=O)cc(Br)c1O. The average molecular weight is 377 g/mol. The number of fused-ring (bicyclic) bond motifs is 1. The minimum absolute atomic E-state index is 0.0303. The van der Waals surface area contributed by atoms with Crippen molar-refractivity contribution in [2.75, 3.05) is 6.61 Å². The predicted molar refractivity (Wildman–Crippen MR) is 91.6 cm³/mol. The molecular formula is C17H13BrO3S. The van der Waals surface area contributed by atoms with E-state index in [2.05, 4.69) is 15.9 Å². The van der Waals surface area contributed by atoms with E-state index in [1.807, 2.05) is 37.3 Å². The zero-order valence-corrected chi connectivity index (χ0v) is 14.2. The molecule has 0 saturated heterocycles. The molecule has 0 radical (unpaired) electrons. The molecule has 0 atom stereocenters. The van der Waals surface area contributed by atoms with Gasteiger partial charge in [-0.1, -0.05) is 23.9 Å². The van der Waals surface area contributed by atoms with Crippen LogP contribution in [0, 0.1) is 0 Å². The minimum Gasteiger partial charge on any atom is -0.503 e. The number of carbonyl (C=O) groups is 1. The Morgan fingerprint density at radius 1 is 1.32 bits per heavy atom. The van der Waals surface area contributed by atoms with Crippen molar-refractivity contribution in [3.63, 3.8) is 0 Å². The number of carbonyl (C=O) groups excluding carboxylic acids is 1. The number of ether oxygens (including phenoxy) is 1. The maximum atomic E-state index is 12.4. The topological polar surface area (TPSA) is 46.5 Å². The molecule has 0 bridgehead atoms. The first-order valence-electron chi connectivity index (χ1n) is 6.78. The van der Waals surface area contributed by atoms with Gasteiger partial charge in [0.1, 0.15) is 0 Å². The Bertz CT molecular complexity index is 783. The molecule has 3 rings (SSSR count). The molecule has 0 saturated carbocycles. The minimum atomic E-state index is 0.0303. The highest BCUT2D eigenvalue weighted by molar-refractivity contribution is 9.10. The van der Waals surface area contributed by atoms with Crippen molar-refractivity contribution in [3.8, 4) is 11.5 Å². The van der Waals surface area contributed by atoms with Crippen LogP contribution in [-0.4, -0.2) is 17.5 Å². The summed E-state index contributed by atoms with van der Waals surface area (Å²) in [5, 5.41) is 9.94. The number of aromatic hydroxyl groups is 1. The third-order valence-corrected chi connectivity index (χ3v) is 4.93. The first-order chi connectivity index (χ1) is 10.6.